The van der Waals surface area contributed by atoms with Gasteiger partial charge in [0.1, 0.15) is 5.75 Å². The van der Waals surface area contributed by atoms with Crippen LogP contribution in [0.3, 0.4) is 0 Å². The lowest BCUT2D eigenvalue weighted by Gasteiger charge is -2.29. The molecule has 1 aliphatic carbocycles. The Balaban J connectivity index is 2.50. The summed E-state index contributed by atoms with van der Waals surface area (Å²) in [5.41, 5.74) is 8.67. The second-order valence-electron chi connectivity index (χ2n) is 4.99. The Morgan fingerprint density at radius 3 is 2.53 bits per heavy atom. The highest BCUT2D eigenvalue weighted by atomic mass is 79.9. The number of halogens is 1. The van der Waals surface area contributed by atoms with Crippen molar-refractivity contribution in [1.29, 1.82) is 0 Å². The molecule has 1 aromatic carbocycles. The van der Waals surface area contributed by atoms with E-state index in [-0.39, 0.29) is 5.41 Å². The fraction of sp³-hybridized carbons (Fsp3) is 0.571. The van der Waals surface area contributed by atoms with E-state index in [2.05, 4.69) is 35.0 Å². The Kier molecular flexibility index (Phi) is 3.79. The molecule has 0 radical (unpaired) electrons. The van der Waals surface area contributed by atoms with E-state index >= 15 is 0 Å². The van der Waals surface area contributed by atoms with E-state index in [1.807, 2.05) is 0 Å². The van der Waals surface area contributed by atoms with Crippen molar-refractivity contribution in [1.82, 2.24) is 0 Å². The van der Waals surface area contributed by atoms with Gasteiger partial charge in [0.15, 0.2) is 0 Å². The molecule has 1 fully saturated rings. The van der Waals surface area contributed by atoms with Crippen molar-refractivity contribution >= 4 is 15.9 Å². The van der Waals surface area contributed by atoms with E-state index in [0.717, 1.165) is 17.9 Å². The van der Waals surface area contributed by atoms with Crippen LogP contribution in [-0.2, 0) is 5.41 Å². The SMILES string of the molecule is COc1cc(C2(CN)CCCC2)c(Br)cc1C. The van der Waals surface area contributed by atoms with Crippen molar-refractivity contribution in [3.8, 4) is 5.75 Å². The Morgan fingerprint density at radius 1 is 1.35 bits per heavy atom. The van der Waals surface area contributed by atoms with Crippen LogP contribution in [0.4, 0.5) is 0 Å². The highest BCUT2D eigenvalue weighted by Crippen LogP contribution is 2.44. The Bertz CT molecular complexity index is 411. The molecule has 2 nitrogen and oxygen atoms in total. The van der Waals surface area contributed by atoms with Crippen LogP contribution in [0, 0.1) is 6.92 Å². The third-order valence-electron chi connectivity index (χ3n) is 4.01. The normalized spacial score (nSPS) is 18.4. The molecule has 0 saturated heterocycles. The first-order chi connectivity index (χ1) is 8.13. The van der Waals surface area contributed by atoms with Crippen molar-refractivity contribution in [3.63, 3.8) is 0 Å². The van der Waals surface area contributed by atoms with Gasteiger partial charge in [-0.3, -0.25) is 0 Å². The summed E-state index contributed by atoms with van der Waals surface area (Å²) in [6.07, 6.45) is 4.93. The van der Waals surface area contributed by atoms with Crippen LogP contribution >= 0.6 is 15.9 Å². The van der Waals surface area contributed by atoms with Crippen LogP contribution < -0.4 is 10.5 Å². The van der Waals surface area contributed by atoms with Gasteiger partial charge in [0.2, 0.25) is 0 Å². The predicted molar refractivity (Wildman–Crippen MR) is 74.6 cm³/mol. The zero-order valence-electron chi connectivity index (χ0n) is 10.6. The molecule has 94 valence electrons. The highest BCUT2D eigenvalue weighted by Gasteiger charge is 2.36. The first kappa shape index (κ1) is 12.9. The average molecular weight is 298 g/mol. The summed E-state index contributed by atoms with van der Waals surface area (Å²) in [5, 5.41) is 0. The molecule has 1 aromatic rings. The van der Waals surface area contributed by atoms with Gasteiger partial charge in [-0.15, -0.1) is 0 Å². The van der Waals surface area contributed by atoms with E-state index in [1.54, 1.807) is 7.11 Å². The molecule has 0 atom stereocenters. The molecule has 0 unspecified atom stereocenters. The van der Waals surface area contributed by atoms with Crippen molar-refractivity contribution < 1.29 is 4.74 Å². The van der Waals surface area contributed by atoms with Crippen molar-refractivity contribution in [3.05, 3.63) is 27.7 Å². The van der Waals surface area contributed by atoms with Gasteiger partial charge in [-0.25, -0.2) is 0 Å². The number of aryl methyl sites for hydroxylation is 1. The highest BCUT2D eigenvalue weighted by molar-refractivity contribution is 9.10. The van der Waals surface area contributed by atoms with Crippen LogP contribution in [-0.4, -0.2) is 13.7 Å². The topological polar surface area (TPSA) is 35.2 Å². The minimum atomic E-state index is 0.153. The van der Waals surface area contributed by atoms with E-state index < -0.39 is 0 Å². The lowest BCUT2D eigenvalue weighted by Crippen LogP contribution is -2.32. The quantitative estimate of drug-likeness (QED) is 0.926. The number of hydrogen-bond acceptors (Lipinski definition) is 2. The van der Waals surface area contributed by atoms with Crippen LogP contribution in [0.25, 0.3) is 0 Å². The molecule has 0 heterocycles. The molecule has 0 aliphatic heterocycles. The molecule has 0 amide bonds. The minimum Gasteiger partial charge on any atom is -0.496 e. The number of hydrogen-bond donors (Lipinski definition) is 1. The van der Waals surface area contributed by atoms with E-state index in [4.69, 9.17) is 10.5 Å². The number of methoxy groups -OCH3 is 1. The molecule has 0 aromatic heterocycles. The van der Waals surface area contributed by atoms with Gasteiger partial charge in [-0.1, -0.05) is 28.8 Å². The Hall–Kier alpha value is -0.540. The first-order valence-electron chi connectivity index (χ1n) is 6.17. The third kappa shape index (κ3) is 2.23. The fourth-order valence-corrected chi connectivity index (χ4v) is 3.79. The van der Waals surface area contributed by atoms with Gasteiger partial charge in [0.25, 0.3) is 0 Å². The monoisotopic (exact) mass is 297 g/mol. The number of benzene rings is 1. The molecule has 0 bridgehead atoms. The zero-order chi connectivity index (χ0) is 12.5. The van der Waals surface area contributed by atoms with Crippen LogP contribution in [0.15, 0.2) is 16.6 Å². The standard InChI is InChI=1S/C14H20BrNO/c1-10-7-12(15)11(8-13(10)17-2)14(9-16)5-3-4-6-14/h7-8H,3-6,9,16H2,1-2H3. The van der Waals surface area contributed by atoms with E-state index in [0.29, 0.717) is 0 Å². The Labute approximate surface area is 112 Å². The summed E-state index contributed by atoms with van der Waals surface area (Å²) in [5.74, 6) is 0.961. The maximum Gasteiger partial charge on any atom is 0.122 e. The van der Waals surface area contributed by atoms with E-state index in [1.165, 1.54) is 35.7 Å². The fourth-order valence-electron chi connectivity index (χ4n) is 2.91. The van der Waals surface area contributed by atoms with Crippen LogP contribution in [0.5, 0.6) is 5.75 Å². The molecule has 1 saturated carbocycles. The van der Waals surface area contributed by atoms with Gasteiger partial charge in [-0.2, -0.15) is 0 Å². The smallest absolute Gasteiger partial charge is 0.122 e. The molecule has 0 spiro atoms. The van der Waals surface area contributed by atoms with Crippen LogP contribution in [0.2, 0.25) is 0 Å². The second-order valence-corrected chi connectivity index (χ2v) is 5.85. The Morgan fingerprint density at radius 2 is 2.00 bits per heavy atom. The van der Waals surface area contributed by atoms with Gasteiger partial charge in [0.05, 0.1) is 7.11 Å². The number of nitrogens with two attached hydrogens (primary N) is 1. The van der Waals surface area contributed by atoms with Crippen LogP contribution in [0.1, 0.15) is 36.8 Å². The van der Waals surface area contributed by atoms with Crippen molar-refractivity contribution in [2.45, 2.75) is 38.0 Å². The average Bonchev–Trinajstić information content (AvgIpc) is 2.79. The zero-order valence-corrected chi connectivity index (χ0v) is 12.1. The summed E-state index contributed by atoms with van der Waals surface area (Å²) in [4.78, 5) is 0. The summed E-state index contributed by atoms with van der Waals surface area (Å²) in [6, 6.07) is 4.31. The molecular weight excluding hydrogens is 278 g/mol. The lowest BCUT2D eigenvalue weighted by atomic mass is 9.78. The summed E-state index contributed by atoms with van der Waals surface area (Å²) in [6.45, 7) is 2.79. The number of rotatable bonds is 3. The summed E-state index contributed by atoms with van der Waals surface area (Å²) >= 11 is 3.69. The van der Waals surface area contributed by atoms with Gasteiger partial charge in [-0.05, 0) is 43.0 Å². The first-order valence-corrected chi connectivity index (χ1v) is 6.97. The van der Waals surface area contributed by atoms with Gasteiger partial charge < -0.3 is 10.5 Å². The van der Waals surface area contributed by atoms with Crippen molar-refractivity contribution in [2.24, 2.45) is 5.73 Å². The second kappa shape index (κ2) is 4.99. The van der Waals surface area contributed by atoms with Gasteiger partial charge in [0, 0.05) is 16.4 Å². The van der Waals surface area contributed by atoms with E-state index in [9.17, 15) is 0 Å². The molecular formula is C14H20BrNO. The third-order valence-corrected chi connectivity index (χ3v) is 4.66. The summed E-state index contributed by atoms with van der Waals surface area (Å²) < 4.78 is 6.60. The number of ether oxygens (including phenoxy) is 1. The predicted octanol–water partition coefficient (Wildman–Crippen LogP) is 3.54. The largest absolute Gasteiger partial charge is 0.496 e. The minimum absolute atomic E-state index is 0.153. The maximum absolute atomic E-state index is 6.04. The van der Waals surface area contributed by atoms with Crippen molar-refractivity contribution in [2.75, 3.05) is 13.7 Å². The molecule has 2 N–H and O–H groups in total. The molecule has 17 heavy (non-hydrogen) atoms. The lowest BCUT2D eigenvalue weighted by molar-refractivity contribution is 0.404. The maximum atomic E-state index is 6.04. The molecule has 3 heteroatoms. The molecule has 2 rings (SSSR count). The van der Waals surface area contributed by atoms with Gasteiger partial charge >= 0.3 is 0 Å². The summed E-state index contributed by atoms with van der Waals surface area (Å²) in [7, 11) is 1.73. The molecule has 1 aliphatic rings.